The second-order valence-corrected chi connectivity index (χ2v) is 9.14. The summed E-state index contributed by atoms with van der Waals surface area (Å²) in [7, 11) is 0. The molecule has 0 radical (unpaired) electrons. The molecule has 0 saturated carbocycles. The molecule has 2 aromatic carbocycles. The van der Waals surface area contributed by atoms with E-state index in [1.165, 1.54) is 11.1 Å². The molecular formula is C27H32N2O6. The highest BCUT2D eigenvalue weighted by molar-refractivity contribution is 5.79. The molecule has 0 spiro atoms. The van der Waals surface area contributed by atoms with Crippen LogP contribution in [0.4, 0.5) is 4.79 Å². The summed E-state index contributed by atoms with van der Waals surface area (Å²) in [5, 5.41) is 14.7. The van der Waals surface area contributed by atoms with Gasteiger partial charge in [-0.2, -0.15) is 0 Å². The first-order valence-corrected chi connectivity index (χ1v) is 12.2. The highest BCUT2D eigenvalue weighted by atomic mass is 16.5. The van der Waals surface area contributed by atoms with Crippen molar-refractivity contribution in [3.05, 3.63) is 59.7 Å². The van der Waals surface area contributed by atoms with Crippen LogP contribution in [0.25, 0.3) is 11.1 Å². The molecule has 4 rings (SSSR count). The molecule has 3 unspecified atom stereocenters. The van der Waals surface area contributed by atoms with Crippen molar-refractivity contribution < 1.29 is 29.0 Å². The van der Waals surface area contributed by atoms with Crippen LogP contribution in [-0.2, 0) is 19.1 Å². The SMILES string of the molecule is CCC(CCC(=O)NCC1CC(C(=O)O)CO1)NC(=O)OCC1c2ccccc2-c2ccccc21. The second kappa shape index (κ2) is 11.4. The predicted molar refractivity (Wildman–Crippen MR) is 130 cm³/mol. The lowest BCUT2D eigenvalue weighted by Crippen LogP contribution is -2.37. The Bertz CT molecular complexity index is 1030. The number of carbonyl (C=O) groups is 3. The van der Waals surface area contributed by atoms with Gasteiger partial charge in [0.2, 0.25) is 5.91 Å². The molecule has 1 aliphatic carbocycles. The van der Waals surface area contributed by atoms with E-state index in [4.69, 9.17) is 14.6 Å². The van der Waals surface area contributed by atoms with Gasteiger partial charge in [0.05, 0.1) is 18.6 Å². The Labute approximate surface area is 205 Å². The fraction of sp³-hybridized carbons (Fsp3) is 0.444. The van der Waals surface area contributed by atoms with Crippen LogP contribution < -0.4 is 10.6 Å². The molecule has 8 heteroatoms. The largest absolute Gasteiger partial charge is 0.481 e. The van der Waals surface area contributed by atoms with Crippen molar-refractivity contribution in [1.29, 1.82) is 0 Å². The number of fused-ring (bicyclic) bond motifs is 3. The number of amides is 2. The number of carbonyl (C=O) groups excluding carboxylic acids is 2. The van der Waals surface area contributed by atoms with E-state index in [1.54, 1.807) is 0 Å². The number of hydrogen-bond acceptors (Lipinski definition) is 5. The third-order valence-electron chi connectivity index (χ3n) is 6.83. The normalized spacial score (nSPS) is 19.5. The molecule has 35 heavy (non-hydrogen) atoms. The topological polar surface area (TPSA) is 114 Å². The molecule has 0 aromatic heterocycles. The predicted octanol–water partition coefficient (Wildman–Crippen LogP) is 3.69. The second-order valence-electron chi connectivity index (χ2n) is 9.14. The molecule has 2 aliphatic rings. The van der Waals surface area contributed by atoms with Gasteiger partial charge in [-0.25, -0.2) is 4.79 Å². The number of nitrogens with one attached hydrogen (secondary N) is 2. The Morgan fingerprint density at radius 2 is 1.74 bits per heavy atom. The van der Waals surface area contributed by atoms with Crippen LogP contribution in [0.3, 0.4) is 0 Å². The van der Waals surface area contributed by atoms with Crippen molar-refractivity contribution in [1.82, 2.24) is 10.6 Å². The molecule has 186 valence electrons. The van der Waals surface area contributed by atoms with Crippen molar-refractivity contribution in [3.63, 3.8) is 0 Å². The maximum atomic E-state index is 12.5. The molecule has 2 amide bonds. The summed E-state index contributed by atoms with van der Waals surface area (Å²) in [4.78, 5) is 35.8. The zero-order chi connectivity index (χ0) is 24.8. The van der Waals surface area contributed by atoms with Gasteiger partial charge in [-0.3, -0.25) is 9.59 Å². The van der Waals surface area contributed by atoms with Gasteiger partial charge in [0.25, 0.3) is 0 Å². The minimum atomic E-state index is -0.871. The number of aliphatic carboxylic acids is 1. The summed E-state index contributed by atoms with van der Waals surface area (Å²) < 4.78 is 11.0. The van der Waals surface area contributed by atoms with Crippen LogP contribution in [0, 0.1) is 5.92 Å². The lowest BCUT2D eigenvalue weighted by molar-refractivity contribution is -0.141. The van der Waals surface area contributed by atoms with E-state index in [9.17, 15) is 14.4 Å². The summed E-state index contributed by atoms with van der Waals surface area (Å²) in [6, 6.07) is 16.2. The number of hydrogen-bond donors (Lipinski definition) is 3. The van der Waals surface area contributed by atoms with Gasteiger partial charge < -0.3 is 25.2 Å². The monoisotopic (exact) mass is 480 g/mol. The van der Waals surface area contributed by atoms with E-state index in [-0.39, 0.29) is 43.6 Å². The first kappa shape index (κ1) is 24.7. The standard InChI is InChI=1S/C27H32N2O6/c1-2-18(11-12-25(30)28-14-19-13-17(15-34-19)26(31)32)29-27(33)35-16-24-22-9-5-3-7-20(22)21-8-4-6-10-23(21)24/h3-10,17-19,24H,2,11-16H2,1H3,(H,28,30)(H,29,33)(H,31,32). The van der Waals surface area contributed by atoms with E-state index in [1.807, 2.05) is 31.2 Å². The Hall–Kier alpha value is -3.39. The maximum absolute atomic E-state index is 12.5. The summed E-state index contributed by atoms with van der Waals surface area (Å²) in [5.74, 6) is -1.54. The number of carboxylic acids is 1. The number of ether oxygens (including phenoxy) is 2. The van der Waals surface area contributed by atoms with E-state index in [0.29, 0.717) is 25.8 Å². The molecule has 1 aliphatic heterocycles. The number of carboxylic acid groups (broad SMARTS) is 1. The molecule has 1 fully saturated rings. The average Bonchev–Trinajstić information content (AvgIpc) is 3.47. The number of alkyl carbamates (subject to hydrolysis) is 1. The zero-order valence-electron chi connectivity index (χ0n) is 19.9. The van der Waals surface area contributed by atoms with E-state index >= 15 is 0 Å². The van der Waals surface area contributed by atoms with E-state index in [2.05, 4.69) is 34.9 Å². The van der Waals surface area contributed by atoms with E-state index in [0.717, 1.165) is 11.1 Å². The molecule has 1 heterocycles. The first-order valence-electron chi connectivity index (χ1n) is 12.2. The van der Waals surface area contributed by atoms with Crippen molar-refractivity contribution >= 4 is 18.0 Å². The van der Waals surface area contributed by atoms with Gasteiger partial charge in [-0.1, -0.05) is 55.5 Å². The third kappa shape index (κ3) is 6.00. The lowest BCUT2D eigenvalue weighted by atomic mass is 9.98. The third-order valence-corrected chi connectivity index (χ3v) is 6.83. The fourth-order valence-corrected chi connectivity index (χ4v) is 4.83. The van der Waals surface area contributed by atoms with Gasteiger partial charge in [-0.15, -0.1) is 0 Å². The summed E-state index contributed by atoms with van der Waals surface area (Å²) in [6.45, 7) is 2.66. The van der Waals surface area contributed by atoms with Crippen LogP contribution in [-0.4, -0.2) is 55.0 Å². The molecule has 1 saturated heterocycles. The van der Waals surface area contributed by atoms with Gasteiger partial charge in [0.15, 0.2) is 0 Å². The Morgan fingerprint density at radius 1 is 1.09 bits per heavy atom. The summed E-state index contributed by atoms with van der Waals surface area (Å²) >= 11 is 0. The minimum Gasteiger partial charge on any atom is -0.481 e. The molecule has 2 aromatic rings. The zero-order valence-corrected chi connectivity index (χ0v) is 19.9. The molecule has 8 nitrogen and oxygen atoms in total. The van der Waals surface area contributed by atoms with Crippen molar-refractivity contribution in [3.8, 4) is 11.1 Å². The summed E-state index contributed by atoms with van der Waals surface area (Å²) in [5.41, 5.74) is 4.67. The quantitative estimate of drug-likeness (QED) is 0.478. The molecule has 3 atom stereocenters. The van der Waals surface area contributed by atoms with Gasteiger partial charge in [0, 0.05) is 24.9 Å². The van der Waals surface area contributed by atoms with Gasteiger partial charge in [-0.05, 0) is 41.5 Å². The van der Waals surface area contributed by atoms with Crippen LogP contribution in [0.2, 0.25) is 0 Å². The van der Waals surface area contributed by atoms with Crippen LogP contribution in [0.5, 0.6) is 0 Å². The molecular weight excluding hydrogens is 448 g/mol. The van der Waals surface area contributed by atoms with E-state index < -0.39 is 18.0 Å². The molecule has 3 N–H and O–H groups in total. The number of benzene rings is 2. The summed E-state index contributed by atoms with van der Waals surface area (Å²) in [6.07, 6.45) is 1.03. The first-order chi connectivity index (χ1) is 17.0. The van der Waals surface area contributed by atoms with Crippen molar-refractivity contribution in [2.45, 2.75) is 50.7 Å². The Balaban J connectivity index is 1.21. The van der Waals surface area contributed by atoms with Gasteiger partial charge in [0.1, 0.15) is 6.61 Å². The van der Waals surface area contributed by atoms with Crippen molar-refractivity contribution in [2.24, 2.45) is 5.92 Å². The van der Waals surface area contributed by atoms with Crippen LogP contribution >= 0.6 is 0 Å². The molecule has 0 bridgehead atoms. The van der Waals surface area contributed by atoms with Crippen LogP contribution in [0.1, 0.15) is 49.7 Å². The minimum absolute atomic E-state index is 0.00228. The lowest BCUT2D eigenvalue weighted by Gasteiger charge is -2.19. The Kier molecular flexibility index (Phi) is 8.02. The maximum Gasteiger partial charge on any atom is 0.407 e. The number of rotatable bonds is 10. The highest BCUT2D eigenvalue weighted by Gasteiger charge is 2.31. The average molecular weight is 481 g/mol. The van der Waals surface area contributed by atoms with Crippen LogP contribution in [0.15, 0.2) is 48.5 Å². The van der Waals surface area contributed by atoms with Gasteiger partial charge >= 0.3 is 12.1 Å². The Morgan fingerprint density at radius 3 is 2.34 bits per heavy atom. The fourth-order valence-electron chi connectivity index (χ4n) is 4.83. The highest BCUT2D eigenvalue weighted by Crippen LogP contribution is 2.44. The van der Waals surface area contributed by atoms with Crippen molar-refractivity contribution in [2.75, 3.05) is 19.8 Å². The smallest absolute Gasteiger partial charge is 0.407 e.